The van der Waals surface area contributed by atoms with E-state index in [1.54, 1.807) is 60.5 Å². The molecule has 1 aliphatic rings. The van der Waals surface area contributed by atoms with Crippen molar-refractivity contribution < 1.29 is 24.2 Å². The Morgan fingerprint density at radius 3 is 2.23 bits per heavy atom. The molecule has 0 atom stereocenters. The predicted octanol–water partition coefficient (Wildman–Crippen LogP) is 1.86. The molecule has 3 rings (SSSR count). The molecule has 2 aromatic rings. The number of carbonyl (C=O) groups is 3. The molecule has 8 heteroatoms. The molecule has 0 spiro atoms. The fourth-order valence-corrected chi connectivity index (χ4v) is 3.28. The van der Waals surface area contributed by atoms with Crippen LogP contribution in [0.1, 0.15) is 12.5 Å². The van der Waals surface area contributed by atoms with Crippen LogP contribution >= 0.6 is 0 Å². The van der Waals surface area contributed by atoms with Crippen molar-refractivity contribution in [3.05, 3.63) is 59.8 Å². The van der Waals surface area contributed by atoms with Crippen molar-refractivity contribution in [3.8, 4) is 5.75 Å². The molecular weight excluding hydrogens is 386 g/mol. The highest BCUT2D eigenvalue weighted by Crippen LogP contribution is 2.35. The molecule has 3 amide bonds. The summed E-state index contributed by atoms with van der Waals surface area (Å²) >= 11 is 0. The fraction of sp³-hybridized carbons (Fsp3) is 0.227. The first-order chi connectivity index (χ1) is 14.4. The van der Waals surface area contributed by atoms with Gasteiger partial charge in [0.15, 0.2) is 0 Å². The van der Waals surface area contributed by atoms with Gasteiger partial charge in [-0.25, -0.2) is 4.90 Å². The minimum Gasteiger partial charge on any atom is -0.497 e. The first-order valence-electron chi connectivity index (χ1n) is 9.34. The lowest BCUT2D eigenvalue weighted by atomic mass is 10.0. The molecule has 0 unspecified atom stereocenters. The van der Waals surface area contributed by atoms with Crippen LogP contribution in [0.2, 0.25) is 0 Å². The number of carbonyl (C=O) groups excluding carboxylic acids is 3. The highest BCUT2D eigenvalue weighted by atomic mass is 16.5. The van der Waals surface area contributed by atoms with Gasteiger partial charge in [-0.15, -0.1) is 0 Å². The Morgan fingerprint density at radius 1 is 1.07 bits per heavy atom. The van der Waals surface area contributed by atoms with Gasteiger partial charge in [0.2, 0.25) is 5.91 Å². The standard InChI is InChI=1S/C22H23N3O5/c1-14(27)23-16-6-4-15(5-7-16)19-20(24(2)12-13-26)22(29)25(21(19)28)17-8-10-18(30-3)11-9-17/h4-11,26H,12-13H2,1-3H3,(H,23,27). The van der Waals surface area contributed by atoms with Crippen LogP contribution in [0.3, 0.4) is 0 Å². The number of hydrogen-bond donors (Lipinski definition) is 2. The number of aliphatic hydroxyl groups excluding tert-OH is 1. The van der Waals surface area contributed by atoms with Crippen LogP contribution in [0.4, 0.5) is 11.4 Å². The number of rotatable bonds is 7. The van der Waals surface area contributed by atoms with E-state index in [4.69, 9.17) is 4.74 Å². The van der Waals surface area contributed by atoms with E-state index in [-0.39, 0.29) is 30.3 Å². The Bertz CT molecular complexity index is 996. The lowest BCUT2D eigenvalue weighted by molar-refractivity contribution is -0.120. The first kappa shape index (κ1) is 21.1. The zero-order chi connectivity index (χ0) is 21.8. The highest BCUT2D eigenvalue weighted by molar-refractivity contribution is 6.45. The monoisotopic (exact) mass is 409 g/mol. The van der Waals surface area contributed by atoms with Crippen molar-refractivity contribution in [2.24, 2.45) is 0 Å². The Kier molecular flexibility index (Phi) is 6.17. The molecular formula is C22H23N3O5. The molecule has 0 fully saturated rings. The molecule has 2 aromatic carbocycles. The summed E-state index contributed by atoms with van der Waals surface area (Å²) in [7, 11) is 3.19. The van der Waals surface area contributed by atoms with Crippen LogP contribution in [0, 0.1) is 0 Å². The average Bonchev–Trinajstić information content (AvgIpc) is 2.99. The maximum absolute atomic E-state index is 13.3. The second-order valence-electron chi connectivity index (χ2n) is 6.77. The van der Waals surface area contributed by atoms with E-state index >= 15 is 0 Å². The van der Waals surface area contributed by atoms with Crippen LogP contribution < -0.4 is 15.0 Å². The first-order valence-corrected chi connectivity index (χ1v) is 9.34. The van der Waals surface area contributed by atoms with Crippen molar-refractivity contribution in [2.45, 2.75) is 6.92 Å². The van der Waals surface area contributed by atoms with E-state index in [2.05, 4.69) is 5.32 Å². The number of anilines is 2. The molecule has 0 aliphatic carbocycles. The number of likely N-dealkylation sites (N-methyl/N-ethyl adjacent to an activating group) is 1. The van der Waals surface area contributed by atoms with Gasteiger partial charge in [-0.3, -0.25) is 14.4 Å². The quantitative estimate of drug-likeness (QED) is 0.678. The second-order valence-corrected chi connectivity index (χ2v) is 6.77. The molecule has 0 radical (unpaired) electrons. The maximum Gasteiger partial charge on any atom is 0.282 e. The number of aliphatic hydroxyl groups is 1. The zero-order valence-electron chi connectivity index (χ0n) is 17.0. The van der Waals surface area contributed by atoms with Gasteiger partial charge >= 0.3 is 0 Å². The van der Waals surface area contributed by atoms with E-state index < -0.39 is 11.8 Å². The Hall–Kier alpha value is -3.65. The summed E-state index contributed by atoms with van der Waals surface area (Å²) in [5, 5.41) is 12.0. The third kappa shape index (κ3) is 4.04. The predicted molar refractivity (Wildman–Crippen MR) is 113 cm³/mol. The third-order valence-electron chi connectivity index (χ3n) is 4.70. The number of amides is 3. The SMILES string of the molecule is COc1ccc(N2C(=O)C(c3ccc(NC(C)=O)cc3)=C(N(C)CCO)C2=O)cc1. The summed E-state index contributed by atoms with van der Waals surface area (Å²) in [5.74, 6) is -0.528. The van der Waals surface area contributed by atoms with Gasteiger partial charge in [-0.05, 0) is 42.0 Å². The van der Waals surface area contributed by atoms with Crippen LogP contribution in [0.25, 0.3) is 5.57 Å². The molecule has 1 heterocycles. The van der Waals surface area contributed by atoms with Gasteiger partial charge in [0.05, 0.1) is 25.0 Å². The summed E-state index contributed by atoms with van der Waals surface area (Å²) in [6, 6.07) is 13.3. The van der Waals surface area contributed by atoms with Crippen LogP contribution in [-0.4, -0.2) is 55.0 Å². The van der Waals surface area contributed by atoms with Crippen LogP contribution in [0.5, 0.6) is 5.75 Å². The molecule has 1 aliphatic heterocycles. The van der Waals surface area contributed by atoms with Crippen molar-refractivity contribution in [1.29, 1.82) is 0 Å². The average molecular weight is 409 g/mol. The fourth-order valence-electron chi connectivity index (χ4n) is 3.28. The normalized spacial score (nSPS) is 13.7. The zero-order valence-corrected chi connectivity index (χ0v) is 17.0. The van der Waals surface area contributed by atoms with Gasteiger partial charge in [0.1, 0.15) is 11.4 Å². The van der Waals surface area contributed by atoms with Gasteiger partial charge in [-0.2, -0.15) is 0 Å². The lowest BCUT2D eigenvalue weighted by Crippen LogP contribution is -2.34. The molecule has 2 N–H and O–H groups in total. The smallest absolute Gasteiger partial charge is 0.282 e. The Morgan fingerprint density at radius 2 is 1.70 bits per heavy atom. The second kappa shape index (κ2) is 8.79. The van der Waals surface area contributed by atoms with Crippen molar-refractivity contribution in [2.75, 3.05) is 37.5 Å². The van der Waals surface area contributed by atoms with E-state index in [0.29, 0.717) is 22.7 Å². The molecule has 0 saturated carbocycles. The summed E-state index contributed by atoms with van der Waals surface area (Å²) in [5.41, 5.74) is 1.99. The molecule has 0 saturated heterocycles. The summed E-state index contributed by atoms with van der Waals surface area (Å²) in [6.07, 6.45) is 0. The topological polar surface area (TPSA) is 99.2 Å². The van der Waals surface area contributed by atoms with Crippen LogP contribution in [0.15, 0.2) is 54.2 Å². The van der Waals surface area contributed by atoms with Gasteiger partial charge in [-0.1, -0.05) is 12.1 Å². The number of ether oxygens (including phenoxy) is 1. The van der Waals surface area contributed by atoms with Crippen molar-refractivity contribution in [3.63, 3.8) is 0 Å². The number of methoxy groups -OCH3 is 1. The minimum absolute atomic E-state index is 0.168. The third-order valence-corrected chi connectivity index (χ3v) is 4.70. The number of imide groups is 1. The summed E-state index contributed by atoms with van der Waals surface area (Å²) in [6.45, 7) is 1.43. The number of hydrogen-bond acceptors (Lipinski definition) is 6. The van der Waals surface area contributed by atoms with Gasteiger partial charge < -0.3 is 20.1 Å². The number of benzene rings is 2. The molecule has 30 heavy (non-hydrogen) atoms. The molecule has 0 aromatic heterocycles. The Balaban J connectivity index is 2.04. The van der Waals surface area contributed by atoms with E-state index in [1.165, 1.54) is 14.0 Å². The van der Waals surface area contributed by atoms with Crippen molar-refractivity contribution >= 4 is 34.7 Å². The van der Waals surface area contributed by atoms with Crippen LogP contribution in [-0.2, 0) is 14.4 Å². The van der Waals surface area contributed by atoms with E-state index in [9.17, 15) is 19.5 Å². The van der Waals surface area contributed by atoms with Crippen molar-refractivity contribution in [1.82, 2.24) is 4.90 Å². The van der Waals surface area contributed by atoms with Gasteiger partial charge in [0.25, 0.3) is 11.8 Å². The van der Waals surface area contributed by atoms with E-state index in [0.717, 1.165) is 4.90 Å². The minimum atomic E-state index is -0.470. The van der Waals surface area contributed by atoms with Gasteiger partial charge in [0, 0.05) is 26.2 Å². The molecule has 156 valence electrons. The lowest BCUT2D eigenvalue weighted by Gasteiger charge is -2.20. The maximum atomic E-state index is 13.3. The summed E-state index contributed by atoms with van der Waals surface area (Å²) < 4.78 is 5.14. The number of nitrogens with zero attached hydrogens (tertiary/aromatic N) is 2. The molecule has 8 nitrogen and oxygen atoms in total. The number of nitrogens with one attached hydrogen (secondary N) is 1. The molecule has 0 bridgehead atoms. The highest BCUT2D eigenvalue weighted by Gasteiger charge is 2.41. The largest absolute Gasteiger partial charge is 0.497 e. The summed E-state index contributed by atoms with van der Waals surface area (Å²) in [4.78, 5) is 40.5. The Labute approximate surface area is 174 Å². The van der Waals surface area contributed by atoms with E-state index in [1.807, 2.05) is 0 Å².